The largest absolute Gasteiger partial charge is 0.396 e. The van der Waals surface area contributed by atoms with Crippen LogP contribution in [0.1, 0.15) is 36.0 Å². The normalized spacial score (nSPS) is 11.0. The van der Waals surface area contributed by atoms with Gasteiger partial charge in [-0.1, -0.05) is 13.8 Å². The SMILES string of the molecule is CC(C)c1nc(CNc2cc(CSCCO)ccn2)cs1. The molecule has 0 saturated carbocycles. The standard InChI is InChI=1S/C15H21N3OS2/c1-11(2)15-18-13(10-21-15)8-17-14-7-12(3-4-16-14)9-20-6-5-19/h3-4,7,10-11,19H,5-6,8-9H2,1-2H3,(H,16,17). The molecular formula is C15H21N3OS2. The van der Waals surface area contributed by atoms with Gasteiger partial charge in [-0.3, -0.25) is 0 Å². The monoisotopic (exact) mass is 323 g/mol. The van der Waals surface area contributed by atoms with Crippen molar-refractivity contribution in [3.63, 3.8) is 0 Å². The van der Waals surface area contributed by atoms with Crippen LogP contribution in [0.3, 0.4) is 0 Å². The third-order valence-electron chi connectivity index (χ3n) is 2.84. The summed E-state index contributed by atoms with van der Waals surface area (Å²) in [6.45, 7) is 5.24. The van der Waals surface area contributed by atoms with E-state index in [0.717, 1.165) is 23.0 Å². The molecule has 0 spiro atoms. The van der Waals surface area contributed by atoms with Crippen molar-refractivity contribution in [1.82, 2.24) is 9.97 Å². The zero-order valence-corrected chi connectivity index (χ0v) is 14.0. The third kappa shape index (κ3) is 5.30. The highest BCUT2D eigenvalue weighted by Crippen LogP contribution is 2.20. The van der Waals surface area contributed by atoms with Crippen molar-refractivity contribution < 1.29 is 5.11 Å². The quantitative estimate of drug-likeness (QED) is 0.728. The van der Waals surface area contributed by atoms with Gasteiger partial charge >= 0.3 is 0 Å². The van der Waals surface area contributed by atoms with E-state index >= 15 is 0 Å². The molecule has 2 aromatic rings. The lowest BCUT2D eigenvalue weighted by Crippen LogP contribution is -2.02. The highest BCUT2D eigenvalue weighted by atomic mass is 32.2. The number of rotatable bonds is 8. The highest BCUT2D eigenvalue weighted by molar-refractivity contribution is 7.98. The Balaban J connectivity index is 1.88. The van der Waals surface area contributed by atoms with Crippen LogP contribution >= 0.6 is 23.1 Å². The minimum absolute atomic E-state index is 0.225. The smallest absolute Gasteiger partial charge is 0.126 e. The Morgan fingerprint density at radius 3 is 3.00 bits per heavy atom. The summed E-state index contributed by atoms with van der Waals surface area (Å²) in [5.41, 5.74) is 2.28. The molecule has 0 amide bonds. The minimum Gasteiger partial charge on any atom is -0.396 e. The molecule has 0 aromatic carbocycles. The van der Waals surface area contributed by atoms with E-state index in [0.29, 0.717) is 12.5 Å². The van der Waals surface area contributed by atoms with Gasteiger partial charge in [0.05, 0.1) is 23.9 Å². The van der Waals surface area contributed by atoms with Crippen molar-refractivity contribution in [3.05, 3.63) is 40.0 Å². The molecule has 0 radical (unpaired) electrons. The lowest BCUT2D eigenvalue weighted by Gasteiger charge is -2.06. The Morgan fingerprint density at radius 2 is 2.29 bits per heavy atom. The Hall–Kier alpha value is -1.11. The molecule has 0 unspecified atom stereocenters. The van der Waals surface area contributed by atoms with Crippen LogP contribution in [0.15, 0.2) is 23.7 Å². The van der Waals surface area contributed by atoms with E-state index in [4.69, 9.17) is 5.11 Å². The number of aromatic nitrogens is 2. The summed E-state index contributed by atoms with van der Waals surface area (Å²) in [6, 6.07) is 4.06. The average Bonchev–Trinajstić information content (AvgIpc) is 2.95. The molecule has 6 heteroatoms. The average molecular weight is 323 g/mol. The number of aliphatic hydroxyl groups is 1. The van der Waals surface area contributed by atoms with Crippen LogP contribution in [0.5, 0.6) is 0 Å². The maximum absolute atomic E-state index is 8.80. The first-order valence-corrected chi connectivity index (χ1v) is 9.04. The van der Waals surface area contributed by atoms with Gasteiger partial charge in [0.2, 0.25) is 0 Å². The number of thioether (sulfide) groups is 1. The predicted octanol–water partition coefficient (Wildman–Crippen LogP) is 3.50. The fourth-order valence-corrected chi connectivity index (χ4v) is 3.29. The molecule has 0 saturated heterocycles. The molecule has 2 heterocycles. The molecule has 114 valence electrons. The van der Waals surface area contributed by atoms with Crippen molar-refractivity contribution in [1.29, 1.82) is 0 Å². The zero-order valence-electron chi connectivity index (χ0n) is 12.4. The number of aliphatic hydroxyl groups excluding tert-OH is 1. The second-order valence-electron chi connectivity index (χ2n) is 5.01. The number of anilines is 1. The summed E-state index contributed by atoms with van der Waals surface area (Å²) < 4.78 is 0. The Bertz CT molecular complexity index is 557. The molecule has 2 rings (SSSR count). The van der Waals surface area contributed by atoms with Crippen LogP contribution in [0, 0.1) is 0 Å². The van der Waals surface area contributed by atoms with E-state index in [1.54, 1.807) is 23.1 Å². The molecule has 0 aliphatic heterocycles. The summed E-state index contributed by atoms with van der Waals surface area (Å²) in [5.74, 6) is 3.01. The summed E-state index contributed by atoms with van der Waals surface area (Å²) >= 11 is 3.43. The summed E-state index contributed by atoms with van der Waals surface area (Å²) in [6.07, 6.45) is 1.82. The molecule has 21 heavy (non-hydrogen) atoms. The summed E-state index contributed by atoms with van der Waals surface area (Å²) in [7, 11) is 0. The lowest BCUT2D eigenvalue weighted by molar-refractivity contribution is 0.322. The minimum atomic E-state index is 0.225. The second-order valence-corrected chi connectivity index (χ2v) is 7.01. The van der Waals surface area contributed by atoms with Gasteiger partial charge in [-0.25, -0.2) is 9.97 Å². The van der Waals surface area contributed by atoms with Crippen LogP contribution in [0.2, 0.25) is 0 Å². The molecule has 4 nitrogen and oxygen atoms in total. The van der Waals surface area contributed by atoms with Crippen LogP contribution < -0.4 is 5.32 Å². The van der Waals surface area contributed by atoms with Crippen molar-refractivity contribution in [2.45, 2.75) is 32.1 Å². The van der Waals surface area contributed by atoms with Crippen molar-refractivity contribution in [2.24, 2.45) is 0 Å². The first-order valence-electron chi connectivity index (χ1n) is 7.00. The maximum Gasteiger partial charge on any atom is 0.126 e. The van der Waals surface area contributed by atoms with E-state index in [1.807, 2.05) is 12.3 Å². The number of hydrogen-bond acceptors (Lipinski definition) is 6. The van der Waals surface area contributed by atoms with Gasteiger partial charge < -0.3 is 10.4 Å². The molecule has 2 aromatic heterocycles. The van der Waals surface area contributed by atoms with E-state index in [2.05, 4.69) is 40.6 Å². The molecule has 2 N–H and O–H groups in total. The zero-order chi connectivity index (χ0) is 15.1. The molecular weight excluding hydrogens is 302 g/mol. The fraction of sp³-hybridized carbons (Fsp3) is 0.467. The third-order valence-corrected chi connectivity index (χ3v) is 5.05. The Kier molecular flexibility index (Phi) is 6.48. The molecule has 0 aliphatic carbocycles. The van der Waals surface area contributed by atoms with Crippen LogP contribution in [-0.2, 0) is 12.3 Å². The Morgan fingerprint density at radius 1 is 1.43 bits per heavy atom. The lowest BCUT2D eigenvalue weighted by atomic mass is 10.2. The topological polar surface area (TPSA) is 58.0 Å². The summed E-state index contributed by atoms with van der Waals surface area (Å²) in [4.78, 5) is 8.93. The Labute approximate surface area is 134 Å². The van der Waals surface area contributed by atoms with E-state index in [9.17, 15) is 0 Å². The summed E-state index contributed by atoms with van der Waals surface area (Å²) in [5, 5.41) is 15.4. The van der Waals surface area contributed by atoms with Crippen LogP contribution in [-0.4, -0.2) is 27.4 Å². The van der Waals surface area contributed by atoms with Crippen LogP contribution in [0.25, 0.3) is 0 Å². The van der Waals surface area contributed by atoms with Gasteiger partial charge in [-0.05, 0) is 17.7 Å². The molecule has 0 bridgehead atoms. The van der Waals surface area contributed by atoms with E-state index < -0.39 is 0 Å². The van der Waals surface area contributed by atoms with Gasteiger partial charge in [-0.15, -0.1) is 11.3 Å². The van der Waals surface area contributed by atoms with Crippen LogP contribution in [0.4, 0.5) is 5.82 Å². The molecule has 0 atom stereocenters. The fourth-order valence-electron chi connectivity index (χ4n) is 1.77. The van der Waals surface area contributed by atoms with E-state index in [1.165, 1.54) is 10.6 Å². The van der Waals surface area contributed by atoms with Crippen molar-refractivity contribution >= 4 is 28.9 Å². The first kappa shape index (κ1) is 16.3. The second kappa shape index (κ2) is 8.36. The maximum atomic E-state index is 8.80. The highest BCUT2D eigenvalue weighted by Gasteiger charge is 2.06. The van der Waals surface area contributed by atoms with Crippen molar-refractivity contribution in [3.8, 4) is 0 Å². The van der Waals surface area contributed by atoms with Gasteiger partial charge in [0, 0.05) is 29.0 Å². The number of thiazole rings is 1. The first-order chi connectivity index (χ1) is 10.2. The van der Waals surface area contributed by atoms with Gasteiger partial charge in [0.25, 0.3) is 0 Å². The number of nitrogens with zero attached hydrogens (tertiary/aromatic N) is 2. The number of pyridine rings is 1. The van der Waals surface area contributed by atoms with Gasteiger partial charge in [0.15, 0.2) is 0 Å². The number of hydrogen-bond donors (Lipinski definition) is 2. The molecule has 0 fully saturated rings. The van der Waals surface area contributed by atoms with Gasteiger partial charge in [0.1, 0.15) is 5.82 Å². The predicted molar refractivity (Wildman–Crippen MR) is 91.0 cm³/mol. The van der Waals surface area contributed by atoms with E-state index in [-0.39, 0.29) is 6.61 Å². The van der Waals surface area contributed by atoms with Gasteiger partial charge in [-0.2, -0.15) is 11.8 Å². The number of nitrogens with one attached hydrogen (secondary N) is 1. The van der Waals surface area contributed by atoms with Crippen molar-refractivity contribution in [2.75, 3.05) is 17.7 Å². The molecule has 0 aliphatic rings.